The minimum atomic E-state index is -0.364. The molecule has 1 aromatic rings. The molecule has 0 heterocycles. The minimum absolute atomic E-state index is 0.221. The molecular formula is C12H12N4O. The maximum atomic E-state index is 11.4. The van der Waals surface area contributed by atoms with Gasteiger partial charge in [0.15, 0.2) is 0 Å². The van der Waals surface area contributed by atoms with Gasteiger partial charge in [0.2, 0.25) is 0 Å². The van der Waals surface area contributed by atoms with Gasteiger partial charge in [-0.15, -0.1) is 0 Å². The Labute approximate surface area is 99.7 Å². The van der Waals surface area contributed by atoms with Gasteiger partial charge in [-0.25, -0.2) is 4.79 Å². The number of amides is 2. The molecule has 1 aromatic carbocycles. The SMILES string of the molecule is CC(C#N)CNC(=O)Nc1ccc(C#N)cc1. The summed E-state index contributed by atoms with van der Waals surface area (Å²) in [5.74, 6) is -0.221. The van der Waals surface area contributed by atoms with Crippen LogP contribution in [0.3, 0.4) is 0 Å². The second kappa shape index (κ2) is 6.14. The minimum Gasteiger partial charge on any atom is -0.337 e. The topological polar surface area (TPSA) is 88.7 Å². The van der Waals surface area contributed by atoms with E-state index in [4.69, 9.17) is 10.5 Å². The van der Waals surface area contributed by atoms with Crippen molar-refractivity contribution in [1.82, 2.24) is 5.32 Å². The molecule has 2 N–H and O–H groups in total. The third-order valence-corrected chi connectivity index (χ3v) is 2.06. The molecule has 0 saturated carbocycles. The zero-order valence-corrected chi connectivity index (χ0v) is 9.40. The van der Waals surface area contributed by atoms with Gasteiger partial charge in [0.1, 0.15) is 0 Å². The smallest absolute Gasteiger partial charge is 0.319 e. The number of nitrogens with zero attached hydrogens (tertiary/aromatic N) is 2. The Balaban J connectivity index is 2.46. The lowest BCUT2D eigenvalue weighted by Crippen LogP contribution is -2.31. The van der Waals surface area contributed by atoms with E-state index >= 15 is 0 Å². The molecule has 17 heavy (non-hydrogen) atoms. The van der Waals surface area contributed by atoms with Crippen LogP contribution >= 0.6 is 0 Å². The molecule has 0 aliphatic rings. The summed E-state index contributed by atoms with van der Waals surface area (Å²) in [7, 11) is 0. The summed E-state index contributed by atoms with van der Waals surface area (Å²) in [6.45, 7) is 2.03. The van der Waals surface area contributed by atoms with Crippen LogP contribution in [0.4, 0.5) is 10.5 Å². The molecule has 2 amide bonds. The van der Waals surface area contributed by atoms with E-state index in [0.29, 0.717) is 17.8 Å². The van der Waals surface area contributed by atoms with Gasteiger partial charge in [0, 0.05) is 12.2 Å². The number of anilines is 1. The van der Waals surface area contributed by atoms with Crippen molar-refractivity contribution in [1.29, 1.82) is 10.5 Å². The van der Waals surface area contributed by atoms with Gasteiger partial charge in [-0.05, 0) is 31.2 Å². The lowest BCUT2D eigenvalue weighted by Gasteiger charge is -2.08. The Morgan fingerprint density at radius 1 is 1.35 bits per heavy atom. The first-order chi connectivity index (χ1) is 8.15. The predicted octanol–water partition coefficient (Wildman–Crippen LogP) is 1.84. The molecule has 0 aromatic heterocycles. The van der Waals surface area contributed by atoms with Crippen LogP contribution in [0.25, 0.3) is 0 Å². The van der Waals surface area contributed by atoms with Crippen LogP contribution in [0.1, 0.15) is 12.5 Å². The van der Waals surface area contributed by atoms with Crippen LogP contribution in [-0.4, -0.2) is 12.6 Å². The standard InChI is InChI=1S/C12H12N4O/c1-9(6-13)8-15-12(17)16-11-4-2-10(7-14)3-5-11/h2-5,9H,8H2,1H3,(H2,15,16,17). The van der Waals surface area contributed by atoms with E-state index in [1.165, 1.54) is 0 Å². The van der Waals surface area contributed by atoms with Crippen LogP contribution in [0, 0.1) is 28.6 Å². The first-order valence-corrected chi connectivity index (χ1v) is 5.10. The van der Waals surface area contributed by atoms with E-state index < -0.39 is 0 Å². The number of rotatable bonds is 3. The number of carbonyl (C=O) groups is 1. The third kappa shape index (κ3) is 4.23. The van der Waals surface area contributed by atoms with Crippen molar-refractivity contribution in [2.45, 2.75) is 6.92 Å². The molecule has 1 rings (SSSR count). The Morgan fingerprint density at radius 3 is 2.53 bits per heavy atom. The summed E-state index contributed by atoms with van der Waals surface area (Å²) in [6.07, 6.45) is 0. The fourth-order valence-electron chi connectivity index (χ4n) is 1.09. The summed E-state index contributed by atoms with van der Waals surface area (Å²) < 4.78 is 0. The van der Waals surface area contributed by atoms with Gasteiger partial charge in [0.05, 0.1) is 23.6 Å². The van der Waals surface area contributed by atoms with Gasteiger partial charge in [-0.3, -0.25) is 0 Å². The van der Waals surface area contributed by atoms with Crippen LogP contribution in [-0.2, 0) is 0 Å². The summed E-state index contributed by atoms with van der Waals surface area (Å²) in [5, 5.41) is 22.3. The molecule has 1 atom stereocenters. The number of urea groups is 1. The number of nitrogens with one attached hydrogen (secondary N) is 2. The number of hydrogen-bond donors (Lipinski definition) is 2. The van der Waals surface area contributed by atoms with E-state index in [1.54, 1.807) is 31.2 Å². The van der Waals surface area contributed by atoms with E-state index in [9.17, 15) is 4.79 Å². The average Bonchev–Trinajstić information content (AvgIpc) is 2.36. The summed E-state index contributed by atoms with van der Waals surface area (Å²) in [4.78, 5) is 11.4. The molecule has 5 nitrogen and oxygen atoms in total. The molecule has 0 saturated heterocycles. The first-order valence-electron chi connectivity index (χ1n) is 5.10. The Kier molecular flexibility index (Phi) is 4.53. The second-order valence-corrected chi connectivity index (χ2v) is 3.55. The fourth-order valence-corrected chi connectivity index (χ4v) is 1.09. The second-order valence-electron chi connectivity index (χ2n) is 3.55. The van der Waals surface area contributed by atoms with Crippen molar-refractivity contribution in [2.24, 2.45) is 5.92 Å². The predicted molar refractivity (Wildman–Crippen MR) is 63.0 cm³/mol. The zero-order valence-electron chi connectivity index (χ0n) is 9.40. The monoisotopic (exact) mass is 228 g/mol. The molecule has 0 radical (unpaired) electrons. The molecule has 0 bridgehead atoms. The van der Waals surface area contributed by atoms with Gasteiger partial charge >= 0.3 is 6.03 Å². The Hall–Kier alpha value is -2.53. The third-order valence-electron chi connectivity index (χ3n) is 2.06. The maximum absolute atomic E-state index is 11.4. The number of carbonyl (C=O) groups excluding carboxylic acids is 1. The molecule has 1 unspecified atom stereocenters. The quantitative estimate of drug-likeness (QED) is 0.827. The van der Waals surface area contributed by atoms with Crippen LogP contribution in [0.2, 0.25) is 0 Å². The highest BCUT2D eigenvalue weighted by Gasteiger charge is 2.04. The van der Waals surface area contributed by atoms with E-state index in [2.05, 4.69) is 10.6 Å². The normalized spacial score (nSPS) is 10.8. The van der Waals surface area contributed by atoms with Gasteiger partial charge in [-0.2, -0.15) is 10.5 Å². The molecule has 0 aliphatic heterocycles. The summed E-state index contributed by atoms with van der Waals surface area (Å²) in [6, 6.07) is 10.2. The first kappa shape index (κ1) is 12.5. The Morgan fingerprint density at radius 2 is 2.00 bits per heavy atom. The van der Waals surface area contributed by atoms with Crippen LogP contribution in [0.5, 0.6) is 0 Å². The molecule has 0 spiro atoms. The highest BCUT2D eigenvalue weighted by Crippen LogP contribution is 2.08. The van der Waals surface area contributed by atoms with E-state index in [0.717, 1.165) is 0 Å². The molecule has 0 aliphatic carbocycles. The maximum Gasteiger partial charge on any atom is 0.319 e. The van der Waals surface area contributed by atoms with Crippen molar-refractivity contribution >= 4 is 11.7 Å². The lowest BCUT2D eigenvalue weighted by molar-refractivity contribution is 0.251. The molecular weight excluding hydrogens is 216 g/mol. The lowest BCUT2D eigenvalue weighted by atomic mass is 10.2. The number of benzene rings is 1. The van der Waals surface area contributed by atoms with Crippen LogP contribution in [0.15, 0.2) is 24.3 Å². The van der Waals surface area contributed by atoms with Gasteiger partial charge < -0.3 is 10.6 Å². The highest BCUT2D eigenvalue weighted by molar-refractivity contribution is 5.89. The van der Waals surface area contributed by atoms with Crippen molar-refractivity contribution in [3.8, 4) is 12.1 Å². The Bertz CT molecular complexity index is 467. The number of nitriles is 2. The van der Waals surface area contributed by atoms with E-state index in [-0.39, 0.29) is 11.9 Å². The van der Waals surface area contributed by atoms with Gasteiger partial charge in [-0.1, -0.05) is 0 Å². The zero-order chi connectivity index (χ0) is 12.7. The van der Waals surface area contributed by atoms with Gasteiger partial charge in [0.25, 0.3) is 0 Å². The van der Waals surface area contributed by atoms with Crippen molar-refractivity contribution in [3.63, 3.8) is 0 Å². The average molecular weight is 228 g/mol. The van der Waals surface area contributed by atoms with Crippen molar-refractivity contribution in [3.05, 3.63) is 29.8 Å². The highest BCUT2D eigenvalue weighted by atomic mass is 16.2. The summed E-state index contributed by atoms with van der Waals surface area (Å²) in [5.41, 5.74) is 1.14. The molecule has 86 valence electrons. The summed E-state index contributed by atoms with van der Waals surface area (Å²) >= 11 is 0. The van der Waals surface area contributed by atoms with Crippen LogP contribution < -0.4 is 10.6 Å². The van der Waals surface area contributed by atoms with E-state index in [1.807, 2.05) is 12.1 Å². The largest absolute Gasteiger partial charge is 0.337 e. The van der Waals surface area contributed by atoms with Crippen molar-refractivity contribution in [2.75, 3.05) is 11.9 Å². The van der Waals surface area contributed by atoms with Crippen molar-refractivity contribution < 1.29 is 4.79 Å². The molecule has 5 heteroatoms. The molecule has 0 fully saturated rings. The fraction of sp³-hybridized carbons (Fsp3) is 0.250. The number of hydrogen-bond acceptors (Lipinski definition) is 3.